The van der Waals surface area contributed by atoms with E-state index >= 15 is 0 Å². The summed E-state index contributed by atoms with van der Waals surface area (Å²) in [4.78, 5) is 0. The van der Waals surface area contributed by atoms with Gasteiger partial charge in [0.15, 0.2) is 0 Å². The van der Waals surface area contributed by atoms with E-state index < -0.39 is 5.60 Å². The minimum Gasteiger partial charge on any atom is -0.389 e. The standard InChI is InChI=1S/C13H21NO/c1-4-13(3,15)10-14-11(2)12-8-6-5-7-9-12/h5-9,11,14-15H,4,10H2,1-3H3/t11-,13?/m0/s1. The third-order valence-corrected chi connectivity index (χ3v) is 2.85. The lowest BCUT2D eigenvalue weighted by Crippen LogP contribution is -2.38. The molecule has 1 unspecified atom stereocenters. The van der Waals surface area contributed by atoms with E-state index in [0.717, 1.165) is 6.42 Å². The van der Waals surface area contributed by atoms with Crippen LogP contribution in [0.5, 0.6) is 0 Å². The molecule has 0 aliphatic heterocycles. The van der Waals surface area contributed by atoms with Crippen molar-refractivity contribution in [2.45, 2.75) is 38.8 Å². The highest BCUT2D eigenvalue weighted by Gasteiger charge is 2.18. The molecule has 0 amide bonds. The highest BCUT2D eigenvalue weighted by Crippen LogP contribution is 2.13. The van der Waals surface area contributed by atoms with E-state index in [1.807, 2.05) is 32.0 Å². The molecule has 0 aliphatic carbocycles. The Kier molecular flexibility index (Phi) is 4.30. The molecule has 1 aromatic carbocycles. The summed E-state index contributed by atoms with van der Waals surface area (Å²) in [6.07, 6.45) is 0.765. The molecule has 0 fully saturated rings. The van der Waals surface area contributed by atoms with Crippen LogP contribution in [-0.2, 0) is 0 Å². The lowest BCUT2D eigenvalue weighted by molar-refractivity contribution is 0.0533. The van der Waals surface area contributed by atoms with Crippen LogP contribution in [0.15, 0.2) is 30.3 Å². The van der Waals surface area contributed by atoms with Crippen LogP contribution < -0.4 is 5.32 Å². The number of nitrogens with one attached hydrogen (secondary N) is 1. The van der Waals surface area contributed by atoms with Gasteiger partial charge in [-0.05, 0) is 25.8 Å². The van der Waals surface area contributed by atoms with E-state index in [9.17, 15) is 5.11 Å². The Morgan fingerprint density at radius 3 is 2.47 bits per heavy atom. The molecule has 2 nitrogen and oxygen atoms in total. The minimum atomic E-state index is -0.608. The molecule has 0 saturated heterocycles. The number of hydrogen-bond donors (Lipinski definition) is 2. The molecular formula is C13H21NO. The first-order valence-electron chi connectivity index (χ1n) is 5.56. The molecule has 2 heteroatoms. The van der Waals surface area contributed by atoms with Gasteiger partial charge in [0.2, 0.25) is 0 Å². The number of rotatable bonds is 5. The average molecular weight is 207 g/mol. The van der Waals surface area contributed by atoms with Crippen molar-refractivity contribution in [1.29, 1.82) is 0 Å². The van der Waals surface area contributed by atoms with Crippen molar-refractivity contribution in [3.8, 4) is 0 Å². The lowest BCUT2D eigenvalue weighted by Gasteiger charge is -2.24. The van der Waals surface area contributed by atoms with Gasteiger partial charge in [0, 0.05) is 12.6 Å². The summed E-state index contributed by atoms with van der Waals surface area (Å²) in [5.74, 6) is 0. The first kappa shape index (κ1) is 12.2. The average Bonchev–Trinajstić information content (AvgIpc) is 2.27. The second-order valence-corrected chi connectivity index (χ2v) is 4.36. The second kappa shape index (κ2) is 5.29. The van der Waals surface area contributed by atoms with Crippen molar-refractivity contribution < 1.29 is 5.11 Å². The van der Waals surface area contributed by atoms with E-state index in [2.05, 4.69) is 24.4 Å². The molecule has 2 N–H and O–H groups in total. The Labute approximate surface area is 92.3 Å². The van der Waals surface area contributed by atoms with Crippen LogP contribution in [0.4, 0.5) is 0 Å². The quantitative estimate of drug-likeness (QED) is 0.777. The van der Waals surface area contributed by atoms with Crippen molar-refractivity contribution in [3.63, 3.8) is 0 Å². The molecule has 1 rings (SSSR count). The summed E-state index contributed by atoms with van der Waals surface area (Å²) in [6.45, 7) is 6.59. The monoisotopic (exact) mass is 207 g/mol. The Balaban J connectivity index is 2.47. The Bertz CT molecular complexity index is 282. The van der Waals surface area contributed by atoms with E-state index in [1.165, 1.54) is 5.56 Å². The topological polar surface area (TPSA) is 32.3 Å². The molecule has 15 heavy (non-hydrogen) atoms. The fraction of sp³-hybridized carbons (Fsp3) is 0.538. The van der Waals surface area contributed by atoms with E-state index in [0.29, 0.717) is 6.54 Å². The predicted octanol–water partition coefficient (Wildman–Crippen LogP) is 2.50. The number of hydrogen-bond acceptors (Lipinski definition) is 2. The van der Waals surface area contributed by atoms with Gasteiger partial charge < -0.3 is 10.4 Å². The van der Waals surface area contributed by atoms with Crippen molar-refractivity contribution in [1.82, 2.24) is 5.32 Å². The molecule has 0 spiro atoms. The van der Waals surface area contributed by atoms with E-state index in [1.54, 1.807) is 0 Å². The van der Waals surface area contributed by atoms with Gasteiger partial charge >= 0.3 is 0 Å². The van der Waals surface area contributed by atoms with Crippen molar-refractivity contribution in [2.75, 3.05) is 6.54 Å². The summed E-state index contributed by atoms with van der Waals surface area (Å²) >= 11 is 0. The smallest absolute Gasteiger partial charge is 0.0741 e. The van der Waals surface area contributed by atoms with Crippen LogP contribution in [0.25, 0.3) is 0 Å². The Hall–Kier alpha value is -0.860. The zero-order valence-electron chi connectivity index (χ0n) is 9.83. The third kappa shape index (κ3) is 4.02. The molecule has 2 atom stereocenters. The predicted molar refractivity (Wildman–Crippen MR) is 63.8 cm³/mol. The maximum atomic E-state index is 9.86. The van der Waals surface area contributed by atoms with Gasteiger partial charge in [-0.3, -0.25) is 0 Å². The van der Waals surface area contributed by atoms with Gasteiger partial charge in [-0.25, -0.2) is 0 Å². The van der Waals surface area contributed by atoms with Crippen molar-refractivity contribution in [2.24, 2.45) is 0 Å². The van der Waals surface area contributed by atoms with Crippen molar-refractivity contribution >= 4 is 0 Å². The molecule has 0 aliphatic rings. The first-order chi connectivity index (χ1) is 7.05. The van der Waals surface area contributed by atoms with E-state index in [-0.39, 0.29) is 6.04 Å². The maximum Gasteiger partial charge on any atom is 0.0741 e. The van der Waals surface area contributed by atoms with Gasteiger partial charge in [-0.1, -0.05) is 37.3 Å². The maximum absolute atomic E-state index is 9.86. The van der Waals surface area contributed by atoms with Crippen LogP contribution in [-0.4, -0.2) is 17.3 Å². The summed E-state index contributed by atoms with van der Waals surface area (Å²) in [5.41, 5.74) is 0.646. The Morgan fingerprint density at radius 1 is 1.33 bits per heavy atom. The Morgan fingerprint density at radius 2 is 1.93 bits per heavy atom. The summed E-state index contributed by atoms with van der Waals surface area (Å²) in [5, 5.41) is 13.2. The van der Waals surface area contributed by atoms with Gasteiger partial charge in [-0.2, -0.15) is 0 Å². The van der Waals surface area contributed by atoms with Crippen LogP contribution in [0.3, 0.4) is 0 Å². The highest BCUT2D eigenvalue weighted by atomic mass is 16.3. The largest absolute Gasteiger partial charge is 0.389 e. The van der Waals surface area contributed by atoms with Gasteiger partial charge in [0.1, 0.15) is 0 Å². The third-order valence-electron chi connectivity index (χ3n) is 2.85. The number of benzene rings is 1. The minimum absolute atomic E-state index is 0.282. The van der Waals surface area contributed by atoms with Crippen LogP contribution in [0, 0.1) is 0 Å². The van der Waals surface area contributed by atoms with Gasteiger partial charge in [0.05, 0.1) is 5.60 Å². The van der Waals surface area contributed by atoms with E-state index in [4.69, 9.17) is 0 Å². The first-order valence-corrected chi connectivity index (χ1v) is 5.56. The SMILES string of the molecule is CCC(C)(O)CN[C@@H](C)c1ccccc1. The van der Waals surface area contributed by atoms with Crippen molar-refractivity contribution in [3.05, 3.63) is 35.9 Å². The number of aliphatic hydroxyl groups is 1. The summed E-state index contributed by atoms with van der Waals surface area (Å²) in [7, 11) is 0. The molecule has 0 radical (unpaired) electrons. The summed E-state index contributed by atoms with van der Waals surface area (Å²) < 4.78 is 0. The second-order valence-electron chi connectivity index (χ2n) is 4.36. The molecule has 84 valence electrons. The van der Waals surface area contributed by atoms with Crippen LogP contribution in [0.2, 0.25) is 0 Å². The van der Waals surface area contributed by atoms with Gasteiger partial charge in [0.25, 0.3) is 0 Å². The molecule has 0 aromatic heterocycles. The van der Waals surface area contributed by atoms with Crippen LogP contribution in [0.1, 0.15) is 38.8 Å². The lowest BCUT2D eigenvalue weighted by atomic mass is 10.0. The fourth-order valence-electron chi connectivity index (χ4n) is 1.36. The molecule has 1 aromatic rings. The zero-order chi connectivity index (χ0) is 11.3. The molecule has 0 bridgehead atoms. The zero-order valence-corrected chi connectivity index (χ0v) is 9.83. The summed E-state index contributed by atoms with van der Waals surface area (Å²) in [6, 6.07) is 10.6. The molecular weight excluding hydrogens is 186 g/mol. The molecule has 0 saturated carbocycles. The highest BCUT2D eigenvalue weighted by molar-refractivity contribution is 5.18. The van der Waals surface area contributed by atoms with Crippen LogP contribution >= 0.6 is 0 Å². The molecule has 0 heterocycles. The fourth-order valence-corrected chi connectivity index (χ4v) is 1.36. The normalized spacial score (nSPS) is 17.1. The van der Waals surface area contributed by atoms with Gasteiger partial charge in [-0.15, -0.1) is 0 Å².